The molecule has 0 saturated heterocycles. The van der Waals surface area contributed by atoms with Gasteiger partial charge >= 0.3 is 0 Å². The van der Waals surface area contributed by atoms with Crippen LogP contribution in [0, 0.1) is 18.6 Å². The maximum absolute atomic E-state index is 13.0. The Balaban J connectivity index is 2.27. The first-order valence-electron chi connectivity index (χ1n) is 5.13. The first-order valence-corrected chi connectivity index (χ1v) is 5.13. The van der Waals surface area contributed by atoms with Crippen LogP contribution in [0.4, 0.5) is 26.1 Å². The minimum atomic E-state index is -0.928. The number of anilines is 3. The van der Waals surface area contributed by atoms with E-state index in [9.17, 15) is 8.78 Å². The number of hydrogen-bond acceptors (Lipinski definition) is 5. The van der Waals surface area contributed by atoms with Crippen LogP contribution in [0.25, 0.3) is 0 Å². The minimum Gasteiger partial charge on any atom is -0.340 e. The van der Waals surface area contributed by atoms with Gasteiger partial charge in [-0.1, -0.05) is 0 Å². The summed E-state index contributed by atoms with van der Waals surface area (Å²) in [6, 6.07) is 5.04. The van der Waals surface area contributed by atoms with Gasteiger partial charge in [-0.05, 0) is 19.1 Å². The SMILES string of the molecule is Cc1nc(NN)cc(Nc2ccc(F)c(F)c2)n1. The summed E-state index contributed by atoms with van der Waals surface area (Å²) in [4.78, 5) is 8.10. The molecule has 18 heavy (non-hydrogen) atoms. The molecule has 0 radical (unpaired) electrons. The molecule has 7 heteroatoms. The lowest BCUT2D eigenvalue weighted by molar-refractivity contribution is 0.509. The molecule has 94 valence electrons. The lowest BCUT2D eigenvalue weighted by atomic mass is 10.3. The van der Waals surface area contributed by atoms with E-state index in [0.29, 0.717) is 23.1 Å². The lowest BCUT2D eigenvalue weighted by Crippen LogP contribution is -2.10. The Morgan fingerprint density at radius 3 is 2.44 bits per heavy atom. The second-order valence-electron chi connectivity index (χ2n) is 3.58. The number of aryl methyl sites for hydroxylation is 1. The van der Waals surface area contributed by atoms with Crippen molar-refractivity contribution in [2.75, 3.05) is 10.7 Å². The Kier molecular flexibility index (Phi) is 3.33. The highest BCUT2D eigenvalue weighted by Crippen LogP contribution is 2.19. The maximum Gasteiger partial charge on any atom is 0.160 e. The van der Waals surface area contributed by atoms with E-state index < -0.39 is 11.6 Å². The first kappa shape index (κ1) is 12.2. The van der Waals surface area contributed by atoms with Crippen LogP contribution in [0.1, 0.15) is 5.82 Å². The van der Waals surface area contributed by atoms with Gasteiger partial charge in [0.1, 0.15) is 17.5 Å². The van der Waals surface area contributed by atoms with Gasteiger partial charge in [-0.2, -0.15) is 0 Å². The van der Waals surface area contributed by atoms with Gasteiger partial charge in [-0.15, -0.1) is 0 Å². The van der Waals surface area contributed by atoms with Crippen LogP contribution < -0.4 is 16.6 Å². The zero-order valence-corrected chi connectivity index (χ0v) is 9.54. The molecule has 0 aliphatic heterocycles. The average Bonchev–Trinajstić information content (AvgIpc) is 2.33. The van der Waals surface area contributed by atoms with Crippen molar-refractivity contribution >= 4 is 17.3 Å². The summed E-state index contributed by atoms with van der Waals surface area (Å²) in [5.41, 5.74) is 2.77. The highest BCUT2D eigenvalue weighted by atomic mass is 19.2. The Hall–Kier alpha value is -2.28. The Morgan fingerprint density at radius 1 is 1.06 bits per heavy atom. The number of halogens is 2. The molecule has 0 spiro atoms. The van der Waals surface area contributed by atoms with Crippen molar-refractivity contribution in [3.05, 3.63) is 41.7 Å². The largest absolute Gasteiger partial charge is 0.340 e. The van der Waals surface area contributed by atoms with E-state index in [4.69, 9.17) is 5.84 Å². The fourth-order valence-electron chi connectivity index (χ4n) is 1.43. The summed E-state index contributed by atoms with van der Waals surface area (Å²) in [5.74, 6) is 4.77. The van der Waals surface area contributed by atoms with Crippen molar-refractivity contribution in [1.82, 2.24) is 9.97 Å². The zero-order valence-electron chi connectivity index (χ0n) is 9.54. The predicted molar refractivity (Wildman–Crippen MR) is 64.2 cm³/mol. The molecular weight excluding hydrogens is 240 g/mol. The van der Waals surface area contributed by atoms with Gasteiger partial charge < -0.3 is 10.7 Å². The van der Waals surface area contributed by atoms with Crippen LogP contribution in [0.2, 0.25) is 0 Å². The van der Waals surface area contributed by atoms with E-state index in [-0.39, 0.29) is 0 Å². The third-order valence-corrected chi connectivity index (χ3v) is 2.18. The molecule has 0 aliphatic rings. The molecule has 1 aromatic carbocycles. The summed E-state index contributed by atoms with van der Waals surface area (Å²) in [6.07, 6.45) is 0. The number of rotatable bonds is 3. The van der Waals surface area contributed by atoms with Gasteiger partial charge in [0.15, 0.2) is 11.6 Å². The molecule has 0 bridgehead atoms. The Morgan fingerprint density at radius 2 is 1.78 bits per heavy atom. The molecule has 1 heterocycles. The molecule has 0 atom stereocenters. The van der Waals surface area contributed by atoms with E-state index in [1.165, 1.54) is 6.07 Å². The number of nitrogens with one attached hydrogen (secondary N) is 2. The van der Waals surface area contributed by atoms with Gasteiger partial charge in [-0.3, -0.25) is 0 Å². The molecule has 0 amide bonds. The number of nitrogens with zero attached hydrogens (tertiary/aromatic N) is 2. The summed E-state index contributed by atoms with van der Waals surface area (Å²) in [6.45, 7) is 1.69. The van der Waals surface area contributed by atoms with E-state index in [1.807, 2.05) is 0 Å². The molecule has 0 fully saturated rings. The fraction of sp³-hybridized carbons (Fsp3) is 0.0909. The van der Waals surface area contributed by atoms with E-state index in [1.54, 1.807) is 13.0 Å². The first-order chi connectivity index (χ1) is 8.58. The van der Waals surface area contributed by atoms with Gasteiger partial charge in [0, 0.05) is 17.8 Å². The van der Waals surface area contributed by atoms with Crippen molar-refractivity contribution in [1.29, 1.82) is 0 Å². The predicted octanol–water partition coefficient (Wildman–Crippen LogP) is 2.09. The van der Waals surface area contributed by atoms with E-state index >= 15 is 0 Å². The lowest BCUT2D eigenvalue weighted by Gasteiger charge is -2.08. The van der Waals surface area contributed by atoms with Crippen LogP contribution in [0.3, 0.4) is 0 Å². The summed E-state index contributed by atoms with van der Waals surface area (Å²) < 4.78 is 25.8. The molecular formula is C11H11F2N5. The van der Waals surface area contributed by atoms with Gasteiger partial charge in [0.05, 0.1) is 0 Å². The number of aromatic nitrogens is 2. The van der Waals surface area contributed by atoms with Crippen LogP contribution in [0.15, 0.2) is 24.3 Å². The number of hydrazine groups is 1. The highest BCUT2D eigenvalue weighted by Gasteiger charge is 2.05. The molecule has 2 aromatic rings. The summed E-state index contributed by atoms with van der Waals surface area (Å²) >= 11 is 0. The normalized spacial score (nSPS) is 10.2. The standard InChI is InChI=1S/C11H11F2N5/c1-6-15-10(5-11(16-6)18-14)17-7-2-3-8(12)9(13)4-7/h2-5H,14H2,1H3,(H2,15,16,17,18). The van der Waals surface area contributed by atoms with Crippen molar-refractivity contribution in [2.45, 2.75) is 6.92 Å². The van der Waals surface area contributed by atoms with Crippen molar-refractivity contribution in [3.8, 4) is 0 Å². The molecule has 0 saturated carbocycles. The van der Waals surface area contributed by atoms with Crippen LogP contribution >= 0.6 is 0 Å². The van der Waals surface area contributed by atoms with Crippen molar-refractivity contribution < 1.29 is 8.78 Å². The molecule has 0 unspecified atom stereocenters. The van der Waals surface area contributed by atoms with Gasteiger partial charge in [0.2, 0.25) is 0 Å². The molecule has 0 aliphatic carbocycles. The van der Waals surface area contributed by atoms with Crippen LogP contribution in [0.5, 0.6) is 0 Å². The number of nitrogen functional groups attached to an aromatic ring is 1. The van der Waals surface area contributed by atoms with Gasteiger partial charge in [0.25, 0.3) is 0 Å². The fourth-order valence-corrected chi connectivity index (χ4v) is 1.43. The molecule has 4 N–H and O–H groups in total. The Labute approximate surface area is 102 Å². The quantitative estimate of drug-likeness (QED) is 0.575. The monoisotopic (exact) mass is 251 g/mol. The number of hydrogen-bond donors (Lipinski definition) is 3. The van der Waals surface area contributed by atoms with Crippen LogP contribution in [-0.2, 0) is 0 Å². The third kappa shape index (κ3) is 2.69. The highest BCUT2D eigenvalue weighted by molar-refractivity contribution is 5.59. The smallest absolute Gasteiger partial charge is 0.160 e. The molecule has 5 nitrogen and oxygen atoms in total. The third-order valence-electron chi connectivity index (χ3n) is 2.18. The average molecular weight is 251 g/mol. The van der Waals surface area contributed by atoms with Crippen molar-refractivity contribution in [2.24, 2.45) is 5.84 Å². The van der Waals surface area contributed by atoms with E-state index in [2.05, 4.69) is 20.7 Å². The maximum atomic E-state index is 13.0. The number of benzene rings is 1. The van der Waals surface area contributed by atoms with Gasteiger partial charge in [-0.25, -0.2) is 24.6 Å². The number of nitrogens with two attached hydrogens (primary N) is 1. The van der Waals surface area contributed by atoms with Crippen LogP contribution in [-0.4, -0.2) is 9.97 Å². The molecule has 1 aromatic heterocycles. The second kappa shape index (κ2) is 4.92. The topological polar surface area (TPSA) is 75.9 Å². The molecule has 2 rings (SSSR count). The zero-order chi connectivity index (χ0) is 13.1. The second-order valence-corrected chi connectivity index (χ2v) is 3.58. The Bertz CT molecular complexity index is 573. The van der Waals surface area contributed by atoms with E-state index in [0.717, 1.165) is 12.1 Å². The minimum absolute atomic E-state index is 0.384. The van der Waals surface area contributed by atoms with Crippen molar-refractivity contribution in [3.63, 3.8) is 0 Å². The summed E-state index contributed by atoms with van der Waals surface area (Å²) in [5, 5.41) is 2.83. The summed E-state index contributed by atoms with van der Waals surface area (Å²) in [7, 11) is 0.